The van der Waals surface area contributed by atoms with Gasteiger partial charge in [-0.3, -0.25) is 9.59 Å². The van der Waals surface area contributed by atoms with Crippen LogP contribution in [0.25, 0.3) is 0 Å². The predicted octanol–water partition coefficient (Wildman–Crippen LogP) is 3.44. The summed E-state index contributed by atoms with van der Waals surface area (Å²) in [5, 5.41) is 0.527. The molecule has 0 saturated heterocycles. The predicted molar refractivity (Wildman–Crippen MR) is 114 cm³/mol. The van der Waals surface area contributed by atoms with E-state index >= 15 is 0 Å². The van der Waals surface area contributed by atoms with Crippen molar-refractivity contribution >= 4 is 29.3 Å². The fraction of sp³-hybridized carbons (Fsp3) is 0.409. The van der Waals surface area contributed by atoms with Gasteiger partial charge in [-0.05, 0) is 50.1 Å². The number of Topliss-reactive ketones (excluding diaryl/α,β-unsaturated/α-hetero) is 1. The number of benzene rings is 1. The number of rotatable bonds is 9. The van der Waals surface area contributed by atoms with Gasteiger partial charge in [0.25, 0.3) is 5.91 Å². The van der Waals surface area contributed by atoms with Gasteiger partial charge in [0.1, 0.15) is 5.69 Å². The fourth-order valence-corrected chi connectivity index (χ4v) is 3.58. The number of nitrogens with zero attached hydrogens (tertiary/aromatic N) is 2. The molecule has 0 atom stereocenters. The van der Waals surface area contributed by atoms with Crippen molar-refractivity contribution in [1.29, 1.82) is 0 Å². The Hall–Kier alpha value is -2.64. The number of carbonyl (C=O) groups is 3. The van der Waals surface area contributed by atoms with Crippen LogP contribution in [0.4, 0.5) is 0 Å². The molecule has 0 fully saturated rings. The van der Waals surface area contributed by atoms with Crippen LogP contribution in [0.2, 0.25) is 5.02 Å². The van der Waals surface area contributed by atoms with Gasteiger partial charge >= 0.3 is 5.97 Å². The number of ether oxygens (including phenoxy) is 2. The molecule has 8 heteroatoms. The van der Waals surface area contributed by atoms with Gasteiger partial charge < -0.3 is 18.9 Å². The van der Waals surface area contributed by atoms with E-state index < -0.39 is 5.97 Å². The van der Waals surface area contributed by atoms with E-state index in [1.165, 1.54) is 12.0 Å². The molecule has 0 radical (unpaired) electrons. The first kappa shape index (κ1) is 23.6. The van der Waals surface area contributed by atoms with Gasteiger partial charge in [0.05, 0.1) is 13.7 Å². The highest BCUT2D eigenvalue weighted by molar-refractivity contribution is 6.30. The van der Waals surface area contributed by atoms with E-state index in [0.717, 1.165) is 0 Å². The first-order valence-electron chi connectivity index (χ1n) is 9.54. The summed E-state index contributed by atoms with van der Waals surface area (Å²) in [5.74, 6) is -1.02. The third kappa shape index (κ3) is 5.09. The van der Waals surface area contributed by atoms with Crippen molar-refractivity contribution in [2.45, 2.75) is 20.3 Å². The van der Waals surface area contributed by atoms with Crippen molar-refractivity contribution < 1.29 is 23.9 Å². The summed E-state index contributed by atoms with van der Waals surface area (Å²) in [4.78, 5) is 39.8. The molecule has 1 amide bonds. The van der Waals surface area contributed by atoms with Crippen molar-refractivity contribution in [3.05, 3.63) is 57.4 Å². The van der Waals surface area contributed by atoms with Gasteiger partial charge in [0.15, 0.2) is 5.78 Å². The summed E-state index contributed by atoms with van der Waals surface area (Å²) in [6.45, 7) is 4.19. The zero-order valence-electron chi connectivity index (χ0n) is 18.0. The SMILES string of the molecule is COCCCN(CC(=O)c1c(C)c(C(=O)OC)n(C)c1C)C(=O)c1ccc(Cl)cc1. The molecule has 0 saturated carbocycles. The molecule has 0 aliphatic heterocycles. The number of halogens is 1. The molecule has 2 aromatic rings. The average Bonchev–Trinajstić information content (AvgIpc) is 2.95. The Morgan fingerprint density at radius 2 is 1.73 bits per heavy atom. The van der Waals surface area contributed by atoms with Crippen LogP contribution in [0.5, 0.6) is 0 Å². The summed E-state index contributed by atoms with van der Waals surface area (Å²) in [6.07, 6.45) is 0.587. The standard InChI is InChI=1S/C22H27ClN2O5/c1-14-19(15(2)24(3)20(14)22(28)30-5)18(26)13-25(11-6-12-29-4)21(27)16-7-9-17(23)10-8-16/h7-10H,6,11-13H2,1-5H3. The minimum Gasteiger partial charge on any atom is -0.464 e. The summed E-state index contributed by atoms with van der Waals surface area (Å²) < 4.78 is 11.6. The molecular weight excluding hydrogens is 408 g/mol. The number of hydrogen-bond acceptors (Lipinski definition) is 5. The Labute approximate surface area is 181 Å². The highest BCUT2D eigenvalue weighted by Crippen LogP contribution is 2.23. The molecular formula is C22H27ClN2O5. The Morgan fingerprint density at radius 1 is 1.10 bits per heavy atom. The van der Waals surface area contributed by atoms with Crippen LogP contribution in [-0.2, 0) is 16.5 Å². The molecule has 0 aliphatic carbocycles. The van der Waals surface area contributed by atoms with Gasteiger partial charge in [-0.15, -0.1) is 0 Å². The molecule has 1 aromatic heterocycles. The highest BCUT2D eigenvalue weighted by atomic mass is 35.5. The normalized spacial score (nSPS) is 10.7. The molecule has 0 N–H and O–H groups in total. The Balaban J connectivity index is 2.33. The summed E-state index contributed by atoms with van der Waals surface area (Å²) in [6, 6.07) is 6.54. The number of carbonyl (C=O) groups excluding carboxylic acids is 3. The zero-order chi connectivity index (χ0) is 22.4. The molecule has 0 unspecified atom stereocenters. The van der Waals surface area contributed by atoms with E-state index in [2.05, 4.69) is 0 Å². The number of ketones is 1. The molecule has 1 aromatic carbocycles. The van der Waals surface area contributed by atoms with Gasteiger partial charge in [0, 0.05) is 49.2 Å². The van der Waals surface area contributed by atoms with Gasteiger partial charge in [-0.2, -0.15) is 0 Å². The topological polar surface area (TPSA) is 77.8 Å². The van der Waals surface area contributed by atoms with Crippen LogP contribution >= 0.6 is 11.6 Å². The average molecular weight is 435 g/mol. The van der Waals surface area contributed by atoms with Crippen molar-refractivity contribution in [3.8, 4) is 0 Å². The van der Waals surface area contributed by atoms with Crippen LogP contribution in [0.15, 0.2) is 24.3 Å². The highest BCUT2D eigenvalue weighted by Gasteiger charge is 2.27. The van der Waals surface area contributed by atoms with E-state index in [4.69, 9.17) is 21.1 Å². The van der Waals surface area contributed by atoms with E-state index in [1.807, 2.05) is 0 Å². The molecule has 1 heterocycles. The van der Waals surface area contributed by atoms with Crippen molar-refractivity contribution in [3.63, 3.8) is 0 Å². The van der Waals surface area contributed by atoms with Gasteiger partial charge in [-0.1, -0.05) is 11.6 Å². The fourth-order valence-electron chi connectivity index (χ4n) is 3.45. The maximum absolute atomic E-state index is 13.2. The van der Waals surface area contributed by atoms with Crippen molar-refractivity contribution in [2.75, 3.05) is 33.9 Å². The number of esters is 1. The maximum atomic E-state index is 13.2. The van der Waals surface area contributed by atoms with Crippen LogP contribution in [-0.4, -0.2) is 61.0 Å². The van der Waals surface area contributed by atoms with Crippen LogP contribution in [0, 0.1) is 13.8 Å². The molecule has 30 heavy (non-hydrogen) atoms. The number of methoxy groups -OCH3 is 2. The lowest BCUT2D eigenvalue weighted by molar-refractivity contribution is 0.0588. The van der Waals surface area contributed by atoms with Crippen LogP contribution in [0.3, 0.4) is 0 Å². The smallest absolute Gasteiger partial charge is 0.354 e. The van der Waals surface area contributed by atoms with Crippen molar-refractivity contribution in [2.24, 2.45) is 7.05 Å². The lowest BCUT2D eigenvalue weighted by Gasteiger charge is -2.22. The van der Waals surface area contributed by atoms with Gasteiger partial charge in [0.2, 0.25) is 0 Å². The van der Waals surface area contributed by atoms with Crippen LogP contribution < -0.4 is 0 Å². The Kier molecular flexibility index (Phi) is 8.20. The molecule has 0 spiro atoms. The minimum atomic E-state index is -0.508. The maximum Gasteiger partial charge on any atom is 0.354 e. The van der Waals surface area contributed by atoms with E-state index in [1.54, 1.807) is 56.8 Å². The minimum absolute atomic E-state index is 0.114. The summed E-state index contributed by atoms with van der Waals surface area (Å²) in [7, 11) is 4.59. The molecule has 2 rings (SSSR count). The van der Waals surface area contributed by atoms with Crippen LogP contribution in [0.1, 0.15) is 48.9 Å². The lowest BCUT2D eigenvalue weighted by Crippen LogP contribution is -2.37. The zero-order valence-corrected chi connectivity index (χ0v) is 18.7. The second-order valence-corrected chi connectivity index (χ2v) is 7.42. The first-order chi connectivity index (χ1) is 14.2. The molecule has 7 nitrogen and oxygen atoms in total. The summed E-state index contributed by atoms with van der Waals surface area (Å²) >= 11 is 5.92. The van der Waals surface area contributed by atoms with E-state index in [0.29, 0.717) is 52.7 Å². The van der Waals surface area contributed by atoms with Gasteiger partial charge in [-0.25, -0.2) is 4.79 Å². The number of hydrogen-bond donors (Lipinski definition) is 0. The monoisotopic (exact) mass is 434 g/mol. The lowest BCUT2D eigenvalue weighted by atomic mass is 10.0. The molecule has 0 bridgehead atoms. The van der Waals surface area contributed by atoms with E-state index in [-0.39, 0.29) is 18.2 Å². The number of aromatic nitrogens is 1. The molecule has 0 aliphatic rings. The van der Waals surface area contributed by atoms with Crippen molar-refractivity contribution in [1.82, 2.24) is 9.47 Å². The Morgan fingerprint density at radius 3 is 2.30 bits per heavy atom. The second kappa shape index (κ2) is 10.4. The largest absolute Gasteiger partial charge is 0.464 e. The summed E-state index contributed by atoms with van der Waals surface area (Å²) in [5.41, 5.74) is 2.39. The second-order valence-electron chi connectivity index (χ2n) is 6.99. The van der Waals surface area contributed by atoms with E-state index in [9.17, 15) is 14.4 Å². The quantitative estimate of drug-likeness (QED) is 0.343. The third-order valence-electron chi connectivity index (χ3n) is 5.08. The Bertz CT molecular complexity index is 934. The molecule has 162 valence electrons. The third-order valence-corrected chi connectivity index (χ3v) is 5.33. The number of amides is 1. The first-order valence-corrected chi connectivity index (χ1v) is 9.91.